The summed E-state index contributed by atoms with van der Waals surface area (Å²) in [7, 11) is 1.72. The summed E-state index contributed by atoms with van der Waals surface area (Å²) in [5.74, 6) is 0.810. The monoisotopic (exact) mass is 310 g/mol. The zero-order chi connectivity index (χ0) is 16.5. The van der Waals surface area contributed by atoms with Crippen molar-refractivity contribution in [1.29, 1.82) is 0 Å². The third-order valence-corrected chi connectivity index (χ3v) is 4.20. The number of hydrogen-bond donors (Lipinski definition) is 1. The van der Waals surface area contributed by atoms with Gasteiger partial charge in [0.2, 0.25) is 5.82 Å². The van der Waals surface area contributed by atoms with Crippen LogP contribution in [0.15, 0.2) is 0 Å². The van der Waals surface area contributed by atoms with Crippen molar-refractivity contribution in [2.45, 2.75) is 46.6 Å². The van der Waals surface area contributed by atoms with Gasteiger partial charge in [-0.15, -0.1) is 0 Å². The number of anilines is 1. The molecular weight excluding hydrogens is 284 g/mol. The largest absolute Gasteiger partial charge is 0.377 e. The summed E-state index contributed by atoms with van der Waals surface area (Å²) < 4.78 is 7.51. The maximum absolute atomic E-state index is 11.2. The number of ether oxygens (including phenoxy) is 1. The van der Waals surface area contributed by atoms with Crippen molar-refractivity contribution in [2.75, 3.05) is 18.5 Å². The van der Waals surface area contributed by atoms with Crippen LogP contribution in [0.4, 0.5) is 11.5 Å². The van der Waals surface area contributed by atoms with Crippen molar-refractivity contribution in [3.63, 3.8) is 0 Å². The number of nitro groups is 1. The highest BCUT2D eigenvalue weighted by Gasteiger charge is 2.36. The van der Waals surface area contributed by atoms with E-state index in [4.69, 9.17) is 4.74 Å². The SMILES string of the molecule is Cc1nn(C)c(NCC2CCCOC2C(C)(C)C)c1[N+](=O)[O-]. The first-order chi connectivity index (χ1) is 10.2. The van der Waals surface area contributed by atoms with Crippen LogP contribution >= 0.6 is 0 Å². The molecule has 2 heterocycles. The summed E-state index contributed by atoms with van der Waals surface area (Å²) in [4.78, 5) is 10.8. The van der Waals surface area contributed by atoms with E-state index < -0.39 is 0 Å². The normalized spacial score (nSPS) is 22.6. The first-order valence-corrected chi connectivity index (χ1v) is 7.75. The van der Waals surface area contributed by atoms with Crippen LogP contribution in [-0.2, 0) is 11.8 Å². The lowest BCUT2D eigenvalue weighted by molar-refractivity contribution is -0.384. The van der Waals surface area contributed by atoms with Crippen LogP contribution in [0.1, 0.15) is 39.3 Å². The van der Waals surface area contributed by atoms with Crippen molar-refractivity contribution < 1.29 is 9.66 Å². The number of nitrogens with one attached hydrogen (secondary N) is 1. The maximum atomic E-state index is 11.2. The number of nitrogens with zero attached hydrogens (tertiary/aromatic N) is 3. The predicted octanol–water partition coefficient (Wildman–Crippen LogP) is 2.89. The van der Waals surface area contributed by atoms with E-state index in [0.717, 1.165) is 19.4 Å². The highest BCUT2D eigenvalue weighted by atomic mass is 16.6. The smallest absolute Gasteiger partial charge is 0.333 e. The molecule has 124 valence electrons. The van der Waals surface area contributed by atoms with Crippen LogP contribution in [-0.4, -0.2) is 34.0 Å². The molecule has 0 aliphatic carbocycles. The van der Waals surface area contributed by atoms with E-state index in [9.17, 15) is 10.1 Å². The molecule has 0 bridgehead atoms. The number of hydrogen-bond acceptors (Lipinski definition) is 5. The van der Waals surface area contributed by atoms with E-state index in [1.54, 1.807) is 18.7 Å². The Kier molecular flexibility index (Phi) is 4.75. The second-order valence-electron chi connectivity index (χ2n) is 7.10. The van der Waals surface area contributed by atoms with Crippen LogP contribution in [0, 0.1) is 28.4 Å². The Morgan fingerprint density at radius 3 is 2.77 bits per heavy atom. The summed E-state index contributed by atoms with van der Waals surface area (Å²) in [5, 5.41) is 18.6. The summed E-state index contributed by atoms with van der Waals surface area (Å²) in [6.07, 6.45) is 2.26. The maximum Gasteiger partial charge on any atom is 0.333 e. The van der Waals surface area contributed by atoms with Crippen LogP contribution in [0.2, 0.25) is 0 Å². The molecule has 1 saturated heterocycles. The van der Waals surface area contributed by atoms with Gasteiger partial charge in [-0.1, -0.05) is 20.8 Å². The molecule has 2 rings (SSSR count). The first-order valence-electron chi connectivity index (χ1n) is 7.75. The molecule has 22 heavy (non-hydrogen) atoms. The molecule has 1 aromatic heterocycles. The molecule has 1 aliphatic rings. The molecule has 1 aromatic rings. The fourth-order valence-electron chi connectivity index (χ4n) is 3.30. The average molecular weight is 310 g/mol. The van der Waals surface area contributed by atoms with Gasteiger partial charge in [-0.3, -0.25) is 10.1 Å². The zero-order valence-electron chi connectivity index (χ0n) is 14.0. The molecule has 0 saturated carbocycles. The topological polar surface area (TPSA) is 82.2 Å². The van der Waals surface area contributed by atoms with E-state index in [2.05, 4.69) is 31.2 Å². The van der Waals surface area contributed by atoms with Gasteiger partial charge in [0, 0.05) is 26.1 Å². The number of rotatable bonds is 4. The highest BCUT2D eigenvalue weighted by Crippen LogP contribution is 2.35. The lowest BCUT2D eigenvalue weighted by Crippen LogP contribution is -2.42. The molecular formula is C15H26N4O3. The Labute approximate surface area is 131 Å². The van der Waals surface area contributed by atoms with E-state index in [-0.39, 0.29) is 22.1 Å². The Morgan fingerprint density at radius 1 is 1.50 bits per heavy atom. The van der Waals surface area contributed by atoms with Crippen LogP contribution < -0.4 is 5.32 Å². The van der Waals surface area contributed by atoms with Gasteiger partial charge < -0.3 is 10.1 Å². The minimum Gasteiger partial charge on any atom is -0.377 e. The summed E-state index contributed by atoms with van der Waals surface area (Å²) in [6, 6.07) is 0. The van der Waals surface area contributed by atoms with Gasteiger partial charge in [0.1, 0.15) is 5.69 Å². The van der Waals surface area contributed by atoms with E-state index >= 15 is 0 Å². The molecule has 0 radical (unpaired) electrons. The lowest BCUT2D eigenvalue weighted by atomic mass is 9.78. The molecule has 2 unspecified atom stereocenters. The van der Waals surface area contributed by atoms with Gasteiger partial charge in [0.25, 0.3) is 0 Å². The van der Waals surface area contributed by atoms with Gasteiger partial charge >= 0.3 is 5.69 Å². The van der Waals surface area contributed by atoms with Gasteiger partial charge in [-0.2, -0.15) is 5.10 Å². The molecule has 1 aliphatic heterocycles. The van der Waals surface area contributed by atoms with Crippen molar-refractivity contribution in [1.82, 2.24) is 9.78 Å². The third kappa shape index (κ3) is 3.40. The fraction of sp³-hybridized carbons (Fsp3) is 0.800. The number of aromatic nitrogens is 2. The molecule has 1 N–H and O–H groups in total. The number of aryl methyl sites for hydroxylation is 2. The van der Waals surface area contributed by atoms with Gasteiger partial charge in [-0.05, 0) is 25.2 Å². The van der Waals surface area contributed by atoms with Crippen molar-refractivity contribution >= 4 is 11.5 Å². The molecule has 1 fully saturated rings. The Balaban J connectivity index is 2.14. The second kappa shape index (κ2) is 6.24. The first kappa shape index (κ1) is 16.7. The minimum atomic E-state index is -0.372. The van der Waals surface area contributed by atoms with E-state index in [0.29, 0.717) is 24.0 Å². The van der Waals surface area contributed by atoms with Crippen molar-refractivity contribution in [2.24, 2.45) is 18.4 Å². The Hall–Kier alpha value is -1.63. The standard InChI is InChI=1S/C15H26N4O3/c1-10-12(19(20)21)14(18(5)17-10)16-9-11-7-6-8-22-13(11)15(2,3)4/h11,13,16H,6-9H2,1-5H3. The van der Waals surface area contributed by atoms with Crippen LogP contribution in [0.25, 0.3) is 0 Å². The average Bonchev–Trinajstić information content (AvgIpc) is 2.70. The molecule has 7 nitrogen and oxygen atoms in total. The predicted molar refractivity (Wildman–Crippen MR) is 85.0 cm³/mol. The van der Waals surface area contributed by atoms with Crippen molar-refractivity contribution in [3.8, 4) is 0 Å². The fourth-order valence-corrected chi connectivity index (χ4v) is 3.30. The Bertz CT molecular complexity index is 548. The quantitative estimate of drug-likeness (QED) is 0.683. The summed E-state index contributed by atoms with van der Waals surface area (Å²) >= 11 is 0. The van der Waals surface area contributed by atoms with Crippen LogP contribution in [0.3, 0.4) is 0 Å². The summed E-state index contributed by atoms with van der Waals surface area (Å²) in [6.45, 7) is 9.63. The lowest BCUT2D eigenvalue weighted by Gasteiger charge is -2.40. The van der Waals surface area contributed by atoms with Gasteiger partial charge in [0.15, 0.2) is 0 Å². The van der Waals surface area contributed by atoms with E-state index in [1.807, 2.05) is 0 Å². The van der Waals surface area contributed by atoms with E-state index in [1.165, 1.54) is 0 Å². The van der Waals surface area contributed by atoms with Crippen molar-refractivity contribution in [3.05, 3.63) is 15.8 Å². The zero-order valence-corrected chi connectivity index (χ0v) is 14.0. The highest BCUT2D eigenvalue weighted by molar-refractivity contribution is 5.59. The van der Waals surface area contributed by atoms with Gasteiger partial charge in [0.05, 0.1) is 11.0 Å². The molecule has 0 spiro atoms. The molecule has 7 heteroatoms. The minimum absolute atomic E-state index is 0.0566. The van der Waals surface area contributed by atoms with Crippen LogP contribution in [0.5, 0.6) is 0 Å². The summed E-state index contributed by atoms with van der Waals surface area (Å²) in [5.41, 5.74) is 0.551. The molecule has 0 aromatic carbocycles. The van der Waals surface area contributed by atoms with Gasteiger partial charge in [-0.25, -0.2) is 4.68 Å². The third-order valence-electron chi connectivity index (χ3n) is 4.20. The Morgan fingerprint density at radius 2 is 2.18 bits per heavy atom. The second-order valence-corrected chi connectivity index (χ2v) is 7.10. The molecule has 2 atom stereocenters. The molecule has 0 amide bonds.